The van der Waals surface area contributed by atoms with Gasteiger partial charge < -0.3 is 9.47 Å². The average Bonchev–Trinajstić information content (AvgIpc) is 2.56. The number of para-hydroxylation sites is 1. The fourth-order valence-electron chi connectivity index (χ4n) is 3.05. The molecule has 0 saturated carbocycles. The summed E-state index contributed by atoms with van der Waals surface area (Å²) in [4.78, 5) is 11.8. The molecule has 0 bridgehead atoms. The molecule has 1 aromatic rings. The van der Waals surface area contributed by atoms with E-state index >= 15 is 0 Å². The largest absolute Gasteiger partial charge is 0.514 e. The molecule has 1 aliphatic carbocycles. The molecule has 2 atom stereocenters. The van der Waals surface area contributed by atoms with Crippen LogP contribution in [0.2, 0.25) is 0 Å². The summed E-state index contributed by atoms with van der Waals surface area (Å²) in [6.45, 7) is 4.17. The summed E-state index contributed by atoms with van der Waals surface area (Å²) >= 11 is 0. The van der Waals surface area contributed by atoms with Crippen molar-refractivity contribution in [3.05, 3.63) is 42.0 Å². The van der Waals surface area contributed by atoms with Crippen LogP contribution in [0.3, 0.4) is 0 Å². The van der Waals surface area contributed by atoms with E-state index in [9.17, 15) is 4.79 Å². The van der Waals surface area contributed by atoms with E-state index in [2.05, 4.69) is 13.0 Å². The third-order valence-electron chi connectivity index (χ3n) is 4.51. The molecule has 23 heavy (non-hydrogen) atoms. The second kappa shape index (κ2) is 9.39. The Kier molecular flexibility index (Phi) is 7.18. The average molecular weight is 316 g/mol. The van der Waals surface area contributed by atoms with Gasteiger partial charge in [0.2, 0.25) is 0 Å². The highest BCUT2D eigenvalue weighted by atomic mass is 16.7. The van der Waals surface area contributed by atoms with Gasteiger partial charge in [-0.15, -0.1) is 0 Å². The minimum absolute atomic E-state index is 0.206. The van der Waals surface area contributed by atoms with Crippen LogP contribution in [-0.2, 0) is 4.74 Å². The number of benzene rings is 1. The molecule has 1 aliphatic rings. The molecule has 0 radical (unpaired) electrons. The number of ether oxygens (including phenoxy) is 2. The number of hydrogen-bond acceptors (Lipinski definition) is 3. The minimum Gasteiger partial charge on any atom is -0.426 e. The van der Waals surface area contributed by atoms with Gasteiger partial charge in [0.05, 0.1) is 0 Å². The van der Waals surface area contributed by atoms with Crippen molar-refractivity contribution in [2.45, 2.75) is 64.9 Å². The number of carbonyl (C=O) groups is 1. The zero-order valence-corrected chi connectivity index (χ0v) is 14.3. The van der Waals surface area contributed by atoms with E-state index in [0.29, 0.717) is 5.75 Å². The van der Waals surface area contributed by atoms with Crippen molar-refractivity contribution in [2.75, 3.05) is 0 Å². The summed E-state index contributed by atoms with van der Waals surface area (Å²) in [6, 6.07) is 9.02. The van der Waals surface area contributed by atoms with Gasteiger partial charge in [0, 0.05) is 0 Å². The Balaban J connectivity index is 1.75. The molecule has 0 saturated heterocycles. The van der Waals surface area contributed by atoms with E-state index in [4.69, 9.17) is 9.47 Å². The van der Waals surface area contributed by atoms with Gasteiger partial charge in [0.25, 0.3) is 0 Å². The number of rotatable bonds is 7. The Labute approximate surface area is 139 Å². The van der Waals surface area contributed by atoms with Gasteiger partial charge in [-0.1, -0.05) is 56.9 Å². The Bertz CT molecular complexity index is 507. The molecule has 2 rings (SSSR count). The molecule has 3 nitrogen and oxygen atoms in total. The lowest BCUT2D eigenvalue weighted by atomic mass is 9.84. The summed E-state index contributed by atoms with van der Waals surface area (Å²) in [5.41, 5.74) is 1.22. The van der Waals surface area contributed by atoms with E-state index in [1.165, 1.54) is 37.7 Å². The highest BCUT2D eigenvalue weighted by Crippen LogP contribution is 2.30. The van der Waals surface area contributed by atoms with Gasteiger partial charge in [-0.25, -0.2) is 4.79 Å². The zero-order valence-electron chi connectivity index (χ0n) is 14.3. The summed E-state index contributed by atoms with van der Waals surface area (Å²) in [5, 5.41) is 0. The second-order valence-electron chi connectivity index (χ2n) is 6.34. The fraction of sp³-hybridized carbons (Fsp3) is 0.550. The van der Waals surface area contributed by atoms with E-state index in [1.54, 1.807) is 12.1 Å². The van der Waals surface area contributed by atoms with Crippen molar-refractivity contribution in [1.29, 1.82) is 0 Å². The highest BCUT2D eigenvalue weighted by molar-refractivity contribution is 5.64. The number of carbonyl (C=O) groups excluding carboxylic acids is 1. The first-order chi connectivity index (χ1) is 11.2. The first-order valence-electron chi connectivity index (χ1n) is 8.81. The molecule has 3 heteroatoms. The molecule has 2 unspecified atom stereocenters. The lowest BCUT2D eigenvalue weighted by molar-refractivity contribution is 0.0763. The van der Waals surface area contributed by atoms with Crippen LogP contribution >= 0.6 is 0 Å². The zero-order chi connectivity index (χ0) is 16.5. The van der Waals surface area contributed by atoms with Crippen LogP contribution < -0.4 is 4.74 Å². The van der Waals surface area contributed by atoms with Crippen LogP contribution in [0.25, 0.3) is 0 Å². The van der Waals surface area contributed by atoms with Crippen LogP contribution in [0.5, 0.6) is 5.75 Å². The normalized spacial score (nSPS) is 18.9. The van der Waals surface area contributed by atoms with Gasteiger partial charge in [0.1, 0.15) is 11.9 Å². The number of unbranched alkanes of at least 4 members (excludes halogenated alkanes) is 2. The van der Waals surface area contributed by atoms with Gasteiger partial charge in [-0.05, 0) is 49.8 Å². The maximum Gasteiger partial charge on any atom is 0.514 e. The van der Waals surface area contributed by atoms with Crippen molar-refractivity contribution >= 4 is 6.16 Å². The first kappa shape index (κ1) is 17.6. The topological polar surface area (TPSA) is 35.5 Å². The van der Waals surface area contributed by atoms with Gasteiger partial charge in [0.15, 0.2) is 0 Å². The molecule has 1 aromatic carbocycles. The molecule has 0 N–H and O–H groups in total. The van der Waals surface area contributed by atoms with E-state index < -0.39 is 6.16 Å². The highest BCUT2D eigenvalue weighted by Gasteiger charge is 2.21. The summed E-state index contributed by atoms with van der Waals surface area (Å²) < 4.78 is 10.6. The molecule has 0 amide bonds. The third-order valence-corrected chi connectivity index (χ3v) is 4.51. The summed E-state index contributed by atoms with van der Waals surface area (Å²) in [5.74, 6) is 1.31. The Morgan fingerprint density at radius 1 is 1.26 bits per heavy atom. The quantitative estimate of drug-likeness (QED) is 0.272. The van der Waals surface area contributed by atoms with Gasteiger partial charge >= 0.3 is 6.16 Å². The molecule has 0 heterocycles. The van der Waals surface area contributed by atoms with Crippen LogP contribution in [0.4, 0.5) is 4.79 Å². The van der Waals surface area contributed by atoms with Crippen molar-refractivity contribution < 1.29 is 14.3 Å². The minimum atomic E-state index is -0.630. The maximum atomic E-state index is 11.8. The van der Waals surface area contributed by atoms with Crippen molar-refractivity contribution in [1.82, 2.24) is 0 Å². The monoisotopic (exact) mass is 316 g/mol. The second-order valence-corrected chi connectivity index (χ2v) is 6.34. The Morgan fingerprint density at radius 3 is 2.70 bits per heavy atom. The molecule has 126 valence electrons. The first-order valence-corrected chi connectivity index (χ1v) is 8.81. The van der Waals surface area contributed by atoms with Crippen molar-refractivity contribution in [2.24, 2.45) is 5.92 Å². The van der Waals surface area contributed by atoms with Crippen LogP contribution in [0, 0.1) is 5.92 Å². The van der Waals surface area contributed by atoms with E-state index in [-0.39, 0.29) is 6.10 Å². The number of hydrogen-bond donors (Lipinski definition) is 0. The summed E-state index contributed by atoms with van der Waals surface area (Å²) in [7, 11) is 0. The Hall–Kier alpha value is -1.77. The van der Waals surface area contributed by atoms with E-state index in [1.807, 2.05) is 25.1 Å². The lowest BCUT2D eigenvalue weighted by Gasteiger charge is -2.25. The molecule has 0 aliphatic heterocycles. The third kappa shape index (κ3) is 6.09. The maximum absolute atomic E-state index is 11.8. The van der Waals surface area contributed by atoms with Crippen LogP contribution in [0.15, 0.2) is 42.0 Å². The van der Waals surface area contributed by atoms with Crippen molar-refractivity contribution in [3.8, 4) is 5.75 Å². The molecule has 0 spiro atoms. The van der Waals surface area contributed by atoms with Crippen LogP contribution in [-0.4, -0.2) is 12.3 Å². The smallest absolute Gasteiger partial charge is 0.426 e. The Morgan fingerprint density at radius 2 is 2.04 bits per heavy atom. The van der Waals surface area contributed by atoms with E-state index in [0.717, 1.165) is 18.8 Å². The molecular weight excluding hydrogens is 288 g/mol. The standard InChI is InChI=1S/C20H28O3/c1-3-4-6-9-17-12-14-18(15-13-17)16(2)22-20(21)23-19-10-7-5-8-11-19/h5,7-8,10-11,14,16-17H,3-4,6,9,12-13,15H2,1-2H3. The van der Waals surface area contributed by atoms with Crippen molar-refractivity contribution in [3.63, 3.8) is 0 Å². The molecule has 0 aromatic heterocycles. The number of allylic oxidation sites excluding steroid dienone is 1. The van der Waals surface area contributed by atoms with Crippen LogP contribution in [0.1, 0.15) is 58.8 Å². The fourth-order valence-corrected chi connectivity index (χ4v) is 3.05. The predicted octanol–water partition coefficient (Wildman–Crippen LogP) is 5.90. The van der Waals surface area contributed by atoms with Gasteiger partial charge in [-0.3, -0.25) is 0 Å². The van der Waals surface area contributed by atoms with Gasteiger partial charge in [-0.2, -0.15) is 0 Å². The summed E-state index contributed by atoms with van der Waals surface area (Å²) in [6.07, 6.45) is 10.0. The SMILES string of the molecule is CCCCCC1CC=C(C(C)OC(=O)Oc2ccccc2)CC1. The lowest BCUT2D eigenvalue weighted by Crippen LogP contribution is -2.22. The molecule has 0 fully saturated rings. The molecular formula is C20H28O3. The predicted molar refractivity (Wildman–Crippen MR) is 92.6 cm³/mol.